The maximum Gasteiger partial charge on any atom is 0.221 e. The fourth-order valence-corrected chi connectivity index (χ4v) is 3.46. The number of halogens is 1. The number of amides is 1. The van der Waals surface area contributed by atoms with Crippen LogP contribution in [0.15, 0.2) is 53.4 Å². The molecule has 0 fully saturated rings. The zero-order valence-corrected chi connectivity index (χ0v) is 14.3. The Morgan fingerprint density at radius 2 is 1.75 bits per heavy atom. The predicted octanol–water partition coefficient (Wildman–Crippen LogP) is 2.66. The van der Waals surface area contributed by atoms with E-state index in [1.807, 2.05) is 6.92 Å². The molecule has 0 aliphatic carbocycles. The minimum absolute atomic E-state index is 0.118. The number of hydrogen-bond donors (Lipinski definition) is 1. The number of aryl methyl sites for hydroxylation is 1. The number of hydrogen-bond acceptors (Lipinski definition) is 3. The van der Waals surface area contributed by atoms with E-state index < -0.39 is 9.84 Å². The zero-order valence-electron chi connectivity index (χ0n) is 13.5. The molecule has 1 N–H and O–H groups in total. The molecule has 2 aromatic rings. The van der Waals surface area contributed by atoms with E-state index >= 15 is 0 Å². The van der Waals surface area contributed by atoms with Crippen LogP contribution in [0.2, 0.25) is 0 Å². The smallest absolute Gasteiger partial charge is 0.221 e. The third kappa shape index (κ3) is 5.16. The highest BCUT2D eigenvalue weighted by Crippen LogP contribution is 2.13. The molecule has 24 heavy (non-hydrogen) atoms. The van der Waals surface area contributed by atoms with E-state index in [1.165, 1.54) is 6.07 Å². The topological polar surface area (TPSA) is 63.2 Å². The lowest BCUT2D eigenvalue weighted by atomic mass is 10.1. The number of nitrogens with one attached hydrogen (secondary N) is 1. The molecule has 6 heteroatoms. The first kappa shape index (κ1) is 18.1. The van der Waals surface area contributed by atoms with E-state index in [4.69, 9.17) is 0 Å². The van der Waals surface area contributed by atoms with E-state index in [0.29, 0.717) is 12.0 Å². The van der Waals surface area contributed by atoms with Gasteiger partial charge in [-0.3, -0.25) is 4.79 Å². The summed E-state index contributed by atoms with van der Waals surface area (Å²) in [5.41, 5.74) is 1.49. The van der Waals surface area contributed by atoms with Gasteiger partial charge in [0.05, 0.1) is 10.6 Å². The summed E-state index contributed by atoms with van der Waals surface area (Å²) in [6.07, 6.45) is 0.247. The van der Waals surface area contributed by atoms with Crippen LogP contribution in [0.1, 0.15) is 17.5 Å². The van der Waals surface area contributed by atoms with E-state index in [1.54, 1.807) is 42.5 Å². The quantitative estimate of drug-likeness (QED) is 0.836. The van der Waals surface area contributed by atoms with Crippen LogP contribution in [-0.4, -0.2) is 26.6 Å². The van der Waals surface area contributed by atoms with Crippen LogP contribution in [0.5, 0.6) is 0 Å². The fraction of sp³-hybridized carbons (Fsp3) is 0.278. The Morgan fingerprint density at radius 3 is 2.42 bits per heavy atom. The molecule has 128 valence electrons. The first-order chi connectivity index (χ1) is 11.4. The van der Waals surface area contributed by atoms with Gasteiger partial charge in [0.1, 0.15) is 5.82 Å². The van der Waals surface area contributed by atoms with Gasteiger partial charge >= 0.3 is 0 Å². The summed E-state index contributed by atoms with van der Waals surface area (Å²) < 4.78 is 37.8. The first-order valence-corrected chi connectivity index (χ1v) is 9.33. The van der Waals surface area contributed by atoms with Crippen LogP contribution in [0.3, 0.4) is 0 Å². The van der Waals surface area contributed by atoms with Crippen LogP contribution < -0.4 is 5.32 Å². The van der Waals surface area contributed by atoms with Crippen molar-refractivity contribution in [1.29, 1.82) is 0 Å². The Morgan fingerprint density at radius 1 is 1.08 bits per heavy atom. The van der Waals surface area contributed by atoms with Gasteiger partial charge in [-0.05, 0) is 37.1 Å². The number of benzene rings is 2. The molecule has 0 spiro atoms. The maximum atomic E-state index is 13.4. The van der Waals surface area contributed by atoms with Crippen molar-refractivity contribution in [3.63, 3.8) is 0 Å². The van der Waals surface area contributed by atoms with Crippen LogP contribution in [0.25, 0.3) is 0 Å². The van der Waals surface area contributed by atoms with Gasteiger partial charge in [0, 0.05) is 13.0 Å². The minimum atomic E-state index is -3.48. The van der Waals surface area contributed by atoms with Gasteiger partial charge in [0.2, 0.25) is 5.91 Å². The maximum absolute atomic E-state index is 13.4. The van der Waals surface area contributed by atoms with Gasteiger partial charge < -0.3 is 5.32 Å². The normalized spacial score (nSPS) is 11.2. The number of carbonyl (C=O) groups excluding carboxylic acids is 1. The summed E-state index contributed by atoms with van der Waals surface area (Å²) in [6.45, 7) is 2.14. The molecule has 2 rings (SSSR count). The van der Waals surface area contributed by atoms with Crippen molar-refractivity contribution in [3.05, 3.63) is 65.5 Å². The standard InChI is InChI=1S/C18H20FNO3S/c1-14-6-8-16(9-7-14)24(22,23)13-11-18(21)20-12-10-15-4-2-3-5-17(15)19/h2-9H,10-13H2,1H3,(H,20,21). The van der Waals surface area contributed by atoms with Crippen molar-refractivity contribution in [2.45, 2.75) is 24.7 Å². The highest BCUT2D eigenvalue weighted by atomic mass is 32.2. The molecular weight excluding hydrogens is 329 g/mol. The lowest BCUT2D eigenvalue weighted by Gasteiger charge is -2.07. The molecule has 0 bridgehead atoms. The average Bonchev–Trinajstić information content (AvgIpc) is 2.55. The summed E-state index contributed by atoms with van der Waals surface area (Å²) in [4.78, 5) is 12.0. The van der Waals surface area contributed by atoms with Gasteiger partial charge in [-0.2, -0.15) is 0 Å². The Hall–Kier alpha value is -2.21. The molecule has 2 aromatic carbocycles. The summed E-state index contributed by atoms with van der Waals surface area (Å²) in [6, 6.07) is 12.9. The van der Waals surface area contributed by atoms with Crippen molar-refractivity contribution in [3.8, 4) is 0 Å². The van der Waals surface area contributed by atoms with Gasteiger partial charge in [0.15, 0.2) is 9.84 Å². The fourth-order valence-electron chi connectivity index (χ4n) is 2.22. The van der Waals surface area contributed by atoms with Crippen LogP contribution in [0, 0.1) is 12.7 Å². The van der Waals surface area contributed by atoms with Crippen LogP contribution in [-0.2, 0) is 21.1 Å². The Bertz CT molecular complexity index is 801. The highest BCUT2D eigenvalue weighted by Gasteiger charge is 2.16. The second kappa shape index (κ2) is 8.06. The summed E-state index contributed by atoms with van der Waals surface area (Å²) in [7, 11) is -3.48. The van der Waals surface area contributed by atoms with Gasteiger partial charge in [-0.15, -0.1) is 0 Å². The highest BCUT2D eigenvalue weighted by molar-refractivity contribution is 7.91. The molecule has 0 saturated carbocycles. The zero-order chi connectivity index (χ0) is 17.6. The lowest BCUT2D eigenvalue weighted by Crippen LogP contribution is -2.27. The van der Waals surface area contributed by atoms with E-state index in [9.17, 15) is 17.6 Å². The van der Waals surface area contributed by atoms with Crippen molar-refractivity contribution in [2.75, 3.05) is 12.3 Å². The Kier molecular flexibility index (Phi) is 6.09. The van der Waals surface area contributed by atoms with Gasteiger partial charge in [-0.1, -0.05) is 35.9 Å². The molecule has 0 unspecified atom stereocenters. The SMILES string of the molecule is Cc1ccc(S(=O)(=O)CCC(=O)NCCc2ccccc2F)cc1. The van der Waals surface area contributed by atoms with Crippen molar-refractivity contribution in [1.82, 2.24) is 5.32 Å². The number of sulfone groups is 1. The van der Waals surface area contributed by atoms with Crippen molar-refractivity contribution in [2.24, 2.45) is 0 Å². The second-order valence-electron chi connectivity index (χ2n) is 5.57. The molecule has 4 nitrogen and oxygen atoms in total. The van der Waals surface area contributed by atoms with Gasteiger partial charge in [-0.25, -0.2) is 12.8 Å². The van der Waals surface area contributed by atoms with Gasteiger partial charge in [0.25, 0.3) is 0 Å². The molecule has 0 aromatic heterocycles. The van der Waals surface area contributed by atoms with Crippen molar-refractivity contribution < 1.29 is 17.6 Å². The summed E-state index contributed by atoms with van der Waals surface area (Å²) >= 11 is 0. The predicted molar refractivity (Wildman–Crippen MR) is 91.0 cm³/mol. The average molecular weight is 349 g/mol. The van der Waals surface area contributed by atoms with E-state index in [2.05, 4.69) is 5.32 Å². The minimum Gasteiger partial charge on any atom is -0.356 e. The summed E-state index contributed by atoms with van der Waals surface area (Å²) in [5, 5.41) is 2.62. The van der Waals surface area contributed by atoms with E-state index in [0.717, 1.165) is 5.56 Å². The van der Waals surface area contributed by atoms with E-state index in [-0.39, 0.29) is 35.3 Å². The monoisotopic (exact) mass is 349 g/mol. The second-order valence-corrected chi connectivity index (χ2v) is 7.68. The lowest BCUT2D eigenvalue weighted by molar-refractivity contribution is -0.120. The molecule has 0 aliphatic heterocycles. The Balaban J connectivity index is 1.80. The number of carbonyl (C=O) groups is 1. The molecule has 1 amide bonds. The molecule has 0 saturated heterocycles. The molecule has 0 heterocycles. The summed E-state index contributed by atoms with van der Waals surface area (Å²) in [5.74, 6) is -0.919. The number of rotatable bonds is 7. The van der Waals surface area contributed by atoms with Crippen LogP contribution in [0.4, 0.5) is 4.39 Å². The molecule has 0 radical (unpaired) electrons. The third-order valence-electron chi connectivity index (χ3n) is 3.65. The molecule has 0 atom stereocenters. The first-order valence-electron chi connectivity index (χ1n) is 7.68. The Labute approximate surface area is 141 Å². The largest absolute Gasteiger partial charge is 0.356 e. The molecular formula is C18H20FNO3S. The molecule has 0 aliphatic rings. The van der Waals surface area contributed by atoms with Crippen molar-refractivity contribution >= 4 is 15.7 Å². The third-order valence-corrected chi connectivity index (χ3v) is 5.38. The van der Waals surface area contributed by atoms with Crippen LogP contribution >= 0.6 is 0 Å².